The van der Waals surface area contributed by atoms with Crippen LogP contribution in [-0.2, 0) is 0 Å². The maximum atomic E-state index is 13.7. The van der Waals surface area contributed by atoms with Gasteiger partial charge in [0.25, 0.3) is 0 Å². The lowest BCUT2D eigenvalue weighted by atomic mass is 10.2. The first-order valence-corrected chi connectivity index (χ1v) is 9.17. The van der Waals surface area contributed by atoms with Crippen LogP contribution in [0.15, 0.2) is 36.7 Å². The number of aromatic amines is 1. The van der Waals surface area contributed by atoms with Crippen LogP contribution in [0, 0.1) is 5.82 Å². The van der Waals surface area contributed by atoms with Gasteiger partial charge in [0, 0.05) is 31.1 Å². The molecule has 31 heavy (non-hydrogen) atoms. The molecule has 1 aromatic carbocycles. The van der Waals surface area contributed by atoms with E-state index in [0.29, 0.717) is 51.6 Å². The molecule has 0 saturated heterocycles. The third kappa shape index (κ3) is 3.84. The number of halogens is 1. The first kappa shape index (κ1) is 20.1. The number of nitrogens with one attached hydrogen (secondary N) is 2. The molecule has 10 nitrogen and oxygen atoms in total. The van der Waals surface area contributed by atoms with Crippen LogP contribution < -0.4 is 24.4 Å². The summed E-state index contributed by atoms with van der Waals surface area (Å²) in [4.78, 5) is 14.5. The number of rotatable bonds is 7. The van der Waals surface area contributed by atoms with E-state index in [1.165, 1.54) is 13.2 Å². The molecular weight excluding hydrogens is 405 g/mol. The number of pyridine rings is 1. The van der Waals surface area contributed by atoms with Crippen molar-refractivity contribution in [1.29, 1.82) is 0 Å². The van der Waals surface area contributed by atoms with E-state index in [1.54, 1.807) is 50.6 Å². The maximum Gasteiger partial charge on any atom is 0.229 e. The van der Waals surface area contributed by atoms with E-state index in [4.69, 9.17) is 14.2 Å². The van der Waals surface area contributed by atoms with Gasteiger partial charge in [0.2, 0.25) is 11.7 Å². The SMILES string of the molecule is COc1cc(Nc2nccc(N(C)c3n[nH]c4ncc(F)cc34)n2)cc(OC)c1OC. The minimum Gasteiger partial charge on any atom is -0.493 e. The van der Waals surface area contributed by atoms with Crippen molar-refractivity contribution in [3.63, 3.8) is 0 Å². The van der Waals surface area contributed by atoms with E-state index in [2.05, 4.69) is 30.5 Å². The molecule has 0 bridgehead atoms. The topological polar surface area (TPSA) is 110 Å². The van der Waals surface area contributed by atoms with E-state index in [1.807, 2.05) is 0 Å². The summed E-state index contributed by atoms with van der Waals surface area (Å²) in [5.41, 5.74) is 1.12. The van der Waals surface area contributed by atoms with Crippen LogP contribution >= 0.6 is 0 Å². The molecule has 160 valence electrons. The molecule has 0 spiro atoms. The highest BCUT2D eigenvalue weighted by atomic mass is 19.1. The third-order valence-electron chi connectivity index (χ3n) is 4.59. The van der Waals surface area contributed by atoms with Gasteiger partial charge in [-0.05, 0) is 12.1 Å². The molecule has 4 rings (SSSR count). The predicted molar refractivity (Wildman–Crippen MR) is 113 cm³/mol. The molecule has 3 aromatic heterocycles. The fourth-order valence-electron chi connectivity index (χ4n) is 3.11. The minimum absolute atomic E-state index is 0.336. The zero-order valence-corrected chi connectivity index (χ0v) is 17.3. The molecule has 0 radical (unpaired) electrons. The highest BCUT2D eigenvalue weighted by Gasteiger charge is 2.17. The fourth-order valence-corrected chi connectivity index (χ4v) is 3.11. The number of fused-ring (bicyclic) bond motifs is 1. The number of methoxy groups -OCH3 is 3. The Morgan fingerprint density at radius 1 is 1.03 bits per heavy atom. The predicted octanol–water partition coefficient (Wildman–Crippen LogP) is 3.42. The Morgan fingerprint density at radius 3 is 2.45 bits per heavy atom. The number of hydrogen-bond acceptors (Lipinski definition) is 9. The number of aromatic nitrogens is 5. The van der Waals surface area contributed by atoms with E-state index in [0.717, 1.165) is 6.20 Å². The summed E-state index contributed by atoms with van der Waals surface area (Å²) in [6.45, 7) is 0. The molecule has 0 saturated carbocycles. The summed E-state index contributed by atoms with van der Waals surface area (Å²) in [7, 11) is 6.39. The van der Waals surface area contributed by atoms with Crippen LogP contribution in [0.25, 0.3) is 11.0 Å². The van der Waals surface area contributed by atoms with Crippen LogP contribution in [0.1, 0.15) is 0 Å². The zero-order chi connectivity index (χ0) is 22.0. The average molecular weight is 425 g/mol. The largest absolute Gasteiger partial charge is 0.493 e. The van der Waals surface area contributed by atoms with Crippen molar-refractivity contribution in [1.82, 2.24) is 25.1 Å². The van der Waals surface area contributed by atoms with E-state index >= 15 is 0 Å². The van der Waals surface area contributed by atoms with E-state index in [9.17, 15) is 4.39 Å². The highest BCUT2D eigenvalue weighted by molar-refractivity contribution is 5.89. The molecule has 0 amide bonds. The van der Waals surface area contributed by atoms with Gasteiger partial charge >= 0.3 is 0 Å². The number of anilines is 4. The average Bonchev–Trinajstić information content (AvgIpc) is 3.21. The van der Waals surface area contributed by atoms with Crippen LogP contribution in [0.3, 0.4) is 0 Å². The highest BCUT2D eigenvalue weighted by Crippen LogP contribution is 2.40. The van der Waals surface area contributed by atoms with Crippen molar-refractivity contribution in [2.75, 3.05) is 38.6 Å². The van der Waals surface area contributed by atoms with Gasteiger partial charge in [0.1, 0.15) is 11.6 Å². The summed E-state index contributed by atoms with van der Waals surface area (Å²) in [6, 6.07) is 6.58. The first-order valence-electron chi connectivity index (χ1n) is 9.17. The molecular formula is C20H20FN7O3. The van der Waals surface area contributed by atoms with Crippen LogP contribution in [0.5, 0.6) is 17.2 Å². The van der Waals surface area contributed by atoms with Crippen LogP contribution in [0.4, 0.5) is 27.7 Å². The second-order valence-electron chi connectivity index (χ2n) is 6.43. The number of ether oxygens (including phenoxy) is 3. The molecule has 0 unspecified atom stereocenters. The van der Waals surface area contributed by atoms with Gasteiger partial charge in [0.05, 0.1) is 32.9 Å². The molecule has 2 N–H and O–H groups in total. The van der Waals surface area contributed by atoms with Gasteiger partial charge in [-0.25, -0.2) is 14.4 Å². The molecule has 0 atom stereocenters. The quantitative estimate of drug-likeness (QED) is 0.460. The van der Waals surface area contributed by atoms with Crippen molar-refractivity contribution < 1.29 is 18.6 Å². The lowest BCUT2D eigenvalue weighted by Gasteiger charge is -2.17. The van der Waals surface area contributed by atoms with Gasteiger partial charge in [-0.15, -0.1) is 0 Å². The third-order valence-corrected chi connectivity index (χ3v) is 4.59. The van der Waals surface area contributed by atoms with Gasteiger partial charge < -0.3 is 24.4 Å². The minimum atomic E-state index is -0.448. The Hall–Kier alpha value is -4.15. The van der Waals surface area contributed by atoms with Crippen molar-refractivity contribution in [2.24, 2.45) is 0 Å². The Balaban J connectivity index is 1.65. The summed E-state index contributed by atoms with van der Waals surface area (Å²) in [6.07, 6.45) is 2.74. The smallest absolute Gasteiger partial charge is 0.229 e. The van der Waals surface area contributed by atoms with Crippen molar-refractivity contribution >= 4 is 34.3 Å². The first-order chi connectivity index (χ1) is 15.0. The number of hydrogen-bond donors (Lipinski definition) is 2. The van der Waals surface area contributed by atoms with Crippen molar-refractivity contribution in [2.45, 2.75) is 0 Å². The zero-order valence-electron chi connectivity index (χ0n) is 17.3. The van der Waals surface area contributed by atoms with E-state index in [-0.39, 0.29) is 0 Å². The molecule has 4 aromatic rings. The van der Waals surface area contributed by atoms with Crippen LogP contribution in [-0.4, -0.2) is 53.5 Å². The lowest BCUT2D eigenvalue weighted by Crippen LogP contribution is -2.13. The molecule has 0 aliphatic rings. The number of H-pyrrole nitrogens is 1. The van der Waals surface area contributed by atoms with Gasteiger partial charge in [-0.3, -0.25) is 5.10 Å². The summed E-state index contributed by atoms with van der Waals surface area (Å²) in [5.74, 6) is 2.39. The summed E-state index contributed by atoms with van der Waals surface area (Å²) in [5, 5.41) is 10.7. The second kappa shape index (κ2) is 8.30. The Labute approximate surface area is 177 Å². The van der Waals surface area contributed by atoms with Crippen LogP contribution in [0.2, 0.25) is 0 Å². The number of nitrogens with zero attached hydrogens (tertiary/aromatic N) is 5. The number of benzene rings is 1. The van der Waals surface area contributed by atoms with Gasteiger partial charge in [-0.2, -0.15) is 10.1 Å². The fraction of sp³-hybridized carbons (Fsp3) is 0.200. The molecule has 0 aliphatic carbocycles. The Kier molecular flexibility index (Phi) is 5.39. The normalized spacial score (nSPS) is 10.7. The second-order valence-corrected chi connectivity index (χ2v) is 6.43. The standard InChI is InChI=1S/C20H20FN7O3/c1-28(19-13-7-11(21)10-23-18(13)26-27-19)16-5-6-22-20(25-16)24-12-8-14(29-2)17(31-4)15(9-12)30-3/h5-10H,1-4H3,(H,22,24,25)(H,23,26,27). The molecule has 11 heteroatoms. The van der Waals surface area contributed by atoms with E-state index < -0.39 is 5.82 Å². The monoisotopic (exact) mass is 425 g/mol. The lowest BCUT2D eigenvalue weighted by molar-refractivity contribution is 0.324. The maximum absolute atomic E-state index is 13.7. The van der Waals surface area contributed by atoms with Crippen molar-refractivity contribution in [3.05, 3.63) is 42.5 Å². The van der Waals surface area contributed by atoms with Crippen molar-refractivity contribution in [3.8, 4) is 17.2 Å². The van der Waals surface area contributed by atoms with Gasteiger partial charge in [0.15, 0.2) is 23.0 Å². The Bertz CT molecular complexity index is 1210. The van der Waals surface area contributed by atoms with Gasteiger partial charge in [-0.1, -0.05) is 0 Å². The summed E-state index contributed by atoms with van der Waals surface area (Å²) >= 11 is 0. The molecule has 0 fully saturated rings. The Morgan fingerprint density at radius 2 is 1.77 bits per heavy atom. The molecule has 0 aliphatic heterocycles. The molecule has 3 heterocycles. The summed E-state index contributed by atoms with van der Waals surface area (Å²) < 4.78 is 29.8.